The van der Waals surface area contributed by atoms with Crippen molar-refractivity contribution in [3.05, 3.63) is 33.5 Å². The van der Waals surface area contributed by atoms with E-state index in [0.29, 0.717) is 16.3 Å². The number of hydrogen-bond acceptors (Lipinski definition) is 5. The minimum absolute atomic E-state index is 0.197. The van der Waals surface area contributed by atoms with Gasteiger partial charge >= 0.3 is 5.97 Å². The van der Waals surface area contributed by atoms with E-state index in [2.05, 4.69) is 15.4 Å². The predicted octanol–water partition coefficient (Wildman–Crippen LogP) is 1.37. The summed E-state index contributed by atoms with van der Waals surface area (Å²) < 4.78 is 1.54. The molecule has 0 fully saturated rings. The van der Waals surface area contributed by atoms with Crippen molar-refractivity contribution in [1.29, 1.82) is 0 Å². The number of aromatic carboxylic acids is 1. The molecular weight excluding hydrogens is 280 g/mol. The Balaban J connectivity index is 2.12. The lowest BCUT2D eigenvalue weighted by atomic mass is 10.3. The lowest BCUT2D eigenvalue weighted by Crippen LogP contribution is -2.26. The van der Waals surface area contributed by atoms with Crippen LogP contribution in [0.3, 0.4) is 0 Å². The van der Waals surface area contributed by atoms with Gasteiger partial charge in [0.1, 0.15) is 9.88 Å². The molecule has 0 aliphatic heterocycles. The normalized spacial score (nSPS) is 12.2. The molecule has 2 heterocycles. The highest BCUT2D eigenvalue weighted by Crippen LogP contribution is 2.23. The van der Waals surface area contributed by atoms with E-state index < -0.39 is 5.97 Å². The van der Waals surface area contributed by atoms with E-state index in [1.165, 1.54) is 10.9 Å². The number of thiazole rings is 1. The van der Waals surface area contributed by atoms with Crippen LogP contribution in [-0.4, -0.2) is 31.7 Å². The maximum atomic E-state index is 12.0. The molecule has 0 bridgehead atoms. The van der Waals surface area contributed by atoms with E-state index in [4.69, 9.17) is 5.11 Å². The van der Waals surface area contributed by atoms with Crippen LogP contribution < -0.4 is 5.32 Å². The third kappa shape index (κ3) is 2.85. The Hall–Kier alpha value is -2.22. The quantitative estimate of drug-likeness (QED) is 0.887. The molecule has 0 spiro atoms. The average molecular weight is 294 g/mol. The number of nitrogens with one attached hydrogen (secondary N) is 1. The molecule has 0 saturated heterocycles. The highest BCUT2D eigenvalue weighted by atomic mass is 32.1. The third-order valence-electron chi connectivity index (χ3n) is 2.69. The molecule has 1 unspecified atom stereocenters. The number of nitrogens with zero attached hydrogens (tertiary/aromatic N) is 3. The Bertz CT molecular complexity index is 661. The van der Waals surface area contributed by atoms with Crippen LogP contribution in [0.5, 0.6) is 0 Å². The molecular formula is C12H14N4O3S. The first-order valence-electron chi connectivity index (χ1n) is 5.88. The third-order valence-corrected chi connectivity index (χ3v) is 4.02. The van der Waals surface area contributed by atoms with Crippen LogP contribution in [0, 0.1) is 6.92 Å². The van der Waals surface area contributed by atoms with Crippen LogP contribution in [0.1, 0.15) is 43.7 Å². The fourth-order valence-corrected chi connectivity index (χ4v) is 2.59. The minimum atomic E-state index is -1.00. The molecule has 8 heteroatoms. The molecule has 0 aliphatic rings. The highest BCUT2D eigenvalue weighted by Gasteiger charge is 2.20. The Kier molecular flexibility index (Phi) is 3.84. The van der Waals surface area contributed by atoms with E-state index in [9.17, 15) is 9.59 Å². The summed E-state index contributed by atoms with van der Waals surface area (Å²) in [5.41, 5.74) is 0.908. The second kappa shape index (κ2) is 5.41. The average Bonchev–Trinajstić information content (AvgIpc) is 2.95. The molecule has 0 radical (unpaired) electrons. The Morgan fingerprint density at radius 2 is 2.20 bits per heavy atom. The van der Waals surface area contributed by atoms with Crippen molar-refractivity contribution in [2.24, 2.45) is 7.05 Å². The lowest BCUT2D eigenvalue weighted by molar-refractivity contribution is 0.0701. The standard InChI is InChI=1S/C12H14N4O3S/c1-6-9(12(18)19)20-11(15-6)7(2)14-10(17)8-4-13-16(3)5-8/h4-5,7H,1-3H3,(H,14,17)(H,18,19). The molecule has 1 atom stereocenters. The molecule has 0 aliphatic carbocycles. The highest BCUT2D eigenvalue weighted by molar-refractivity contribution is 7.13. The summed E-state index contributed by atoms with van der Waals surface area (Å²) in [6.45, 7) is 3.40. The number of carbonyl (C=O) groups excluding carboxylic acids is 1. The molecule has 2 rings (SSSR count). The van der Waals surface area contributed by atoms with Crippen molar-refractivity contribution in [3.8, 4) is 0 Å². The predicted molar refractivity (Wildman–Crippen MR) is 72.9 cm³/mol. The maximum Gasteiger partial charge on any atom is 0.347 e. The van der Waals surface area contributed by atoms with Gasteiger partial charge in [-0.05, 0) is 13.8 Å². The molecule has 0 saturated carbocycles. The van der Waals surface area contributed by atoms with Gasteiger partial charge in [0.25, 0.3) is 5.91 Å². The first-order valence-corrected chi connectivity index (χ1v) is 6.70. The molecule has 2 N–H and O–H groups in total. The van der Waals surface area contributed by atoms with Crippen LogP contribution >= 0.6 is 11.3 Å². The second-order valence-corrected chi connectivity index (χ2v) is 5.40. The summed E-state index contributed by atoms with van der Waals surface area (Å²) in [6, 6.07) is -0.362. The number of amides is 1. The SMILES string of the molecule is Cc1nc(C(C)NC(=O)c2cnn(C)c2)sc1C(=O)O. The topological polar surface area (TPSA) is 97.1 Å². The zero-order valence-electron chi connectivity index (χ0n) is 11.2. The van der Waals surface area contributed by atoms with Crippen LogP contribution in [0.2, 0.25) is 0 Å². The van der Waals surface area contributed by atoms with Gasteiger partial charge in [-0.1, -0.05) is 0 Å². The van der Waals surface area contributed by atoms with E-state index in [1.54, 1.807) is 27.1 Å². The van der Waals surface area contributed by atoms with Gasteiger partial charge in [0.2, 0.25) is 0 Å². The van der Waals surface area contributed by atoms with Gasteiger partial charge in [-0.15, -0.1) is 11.3 Å². The lowest BCUT2D eigenvalue weighted by Gasteiger charge is -2.09. The van der Waals surface area contributed by atoms with Crippen molar-refractivity contribution < 1.29 is 14.7 Å². The van der Waals surface area contributed by atoms with Crippen LogP contribution in [0.15, 0.2) is 12.4 Å². The van der Waals surface area contributed by atoms with E-state index in [1.807, 2.05) is 0 Å². The molecule has 7 nitrogen and oxygen atoms in total. The summed E-state index contributed by atoms with van der Waals surface area (Å²) in [6.07, 6.45) is 3.08. The summed E-state index contributed by atoms with van der Waals surface area (Å²) in [4.78, 5) is 27.3. The second-order valence-electron chi connectivity index (χ2n) is 4.37. The molecule has 0 aromatic carbocycles. The number of aryl methyl sites for hydroxylation is 2. The van der Waals surface area contributed by atoms with Crippen molar-refractivity contribution in [3.63, 3.8) is 0 Å². The van der Waals surface area contributed by atoms with E-state index in [-0.39, 0.29) is 16.8 Å². The van der Waals surface area contributed by atoms with Gasteiger partial charge in [0.15, 0.2) is 0 Å². The summed E-state index contributed by atoms with van der Waals surface area (Å²) in [7, 11) is 1.73. The number of carboxylic acids is 1. The fourth-order valence-electron chi connectivity index (χ4n) is 1.68. The summed E-state index contributed by atoms with van der Waals surface area (Å²) in [5.74, 6) is -1.27. The van der Waals surface area contributed by atoms with Crippen LogP contribution in [-0.2, 0) is 7.05 Å². The van der Waals surface area contributed by atoms with Gasteiger partial charge in [0, 0.05) is 13.2 Å². The molecule has 2 aromatic heterocycles. The van der Waals surface area contributed by atoms with Crippen LogP contribution in [0.4, 0.5) is 0 Å². The van der Waals surface area contributed by atoms with Crippen molar-refractivity contribution >= 4 is 23.2 Å². The minimum Gasteiger partial charge on any atom is -0.477 e. The molecule has 1 amide bonds. The first kappa shape index (κ1) is 14.2. The Morgan fingerprint density at radius 3 is 2.70 bits per heavy atom. The van der Waals surface area contributed by atoms with E-state index >= 15 is 0 Å². The van der Waals surface area contributed by atoms with Gasteiger partial charge < -0.3 is 10.4 Å². The van der Waals surface area contributed by atoms with Gasteiger partial charge in [-0.2, -0.15) is 5.10 Å². The number of carboxylic acid groups (broad SMARTS) is 1. The molecule has 20 heavy (non-hydrogen) atoms. The Labute approximate surface area is 119 Å². The van der Waals surface area contributed by atoms with Crippen molar-refractivity contribution in [2.75, 3.05) is 0 Å². The largest absolute Gasteiger partial charge is 0.477 e. The Morgan fingerprint density at radius 1 is 1.50 bits per heavy atom. The first-order chi connectivity index (χ1) is 9.38. The zero-order valence-corrected chi connectivity index (χ0v) is 12.1. The monoisotopic (exact) mass is 294 g/mol. The summed E-state index contributed by atoms with van der Waals surface area (Å²) >= 11 is 1.07. The molecule has 106 valence electrons. The zero-order chi connectivity index (χ0) is 14.9. The van der Waals surface area contributed by atoms with Crippen LogP contribution in [0.25, 0.3) is 0 Å². The number of hydrogen-bond donors (Lipinski definition) is 2. The number of carbonyl (C=O) groups is 2. The van der Waals surface area contributed by atoms with Gasteiger partial charge in [-0.25, -0.2) is 9.78 Å². The smallest absolute Gasteiger partial charge is 0.347 e. The fraction of sp³-hybridized carbons (Fsp3) is 0.333. The maximum absolute atomic E-state index is 12.0. The van der Waals surface area contributed by atoms with E-state index in [0.717, 1.165) is 11.3 Å². The number of aromatic nitrogens is 3. The summed E-state index contributed by atoms with van der Waals surface area (Å²) in [5, 5.41) is 16.3. The number of rotatable bonds is 4. The van der Waals surface area contributed by atoms with Crippen molar-refractivity contribution in [1.82, 2.24) is 20.1 Å². The van der Waals surface area contributed by atoms with Gasteiger partial charge in [0.05, 0.1) is 23.5 Å². The van der Waals surface area contributed by atoms with Crippen molar-refractivity contribution in [2.45, 2.75) is 19.9 Å². The molecule has 2 aromatic rings. The van der Waals surface area contributed by atoms with Gasteiger partial charge in [-0.3, -0.25) is 9.48 Å².